The summed E-state index contributed by atoms with van der Waals surface area (Å²) in [5.74, 6) is -1.02. The summed E-state index contributed by atoms with van der Waals surface area (Å²) >= 11 is 0. The third kappa shape index (κ3) is 4.09. The number of esters is 1. The Morgan fingerprint density at radius 2 is 2.04 bits per heavy atom. The molecule has 124 valence electrons. The highest BCUT2D eigenvalue weighted by Gasteiger charge is 2.33. The maximum absolute atomic E-state index is 14.1. The fourth-order valence-corrected chi connectivity index (χ4v) is 2.50. The maximum Gasteiger partial charge on any atom is 0.338 e. The van der Waals surface area contributed by atoms with E-state index in [2.05, 4.69) is 17.6 Å². The van der Waals surface area contributed by atoms with Crippen LogP contribution in [0, 0.1) is 5.82 Å². The molecule has 0 bridgehead atoms. The Morgan fingerprint density at radius 1 is 1.30 bits per heavy atom. The Kier molecular flexibility index (Phi) is 5.73. The van der Waals surface area contributed by atoms with E-state index in [1.165, 1.54) is 6.07 Å². The van der Waals surface area contributed by atoms with Crippen molar-refractivity contribution < 1.29 is 18.7 Å². The standard InChI is InChI=1S/C17H21FN2O3/c1-3-4-7-10-23-16(21)14-11(2)19-17(22)20-15(14)12-8-5-6-9-13(12)18/h5-6,8-9,15H,3-4,7,10H2,1-2H3,(H2,19,20,22). The van der Waals surface area contributed by atoms with Gasteiger partial charge in [0.15, 0.2) is 0 Å². The van der Waals surface area contributed by atoms with Gasteiger partial charge in [-0.25, -0.2) is 14.0 Å². The van der Waals surface area contributed by atoms with Crippen molar-refractivity contribution in [3.05, 3.63) is 46.9 Å². The zero-order chi connectivity index (χ0) is 16.8. The zero-order valence-electron chi connectivity index (χ0n) is 13.3. The SMILES string of the molecule is CCCCCOC(=O)C1=C(C)NC(=O)NC1c1ccccc1F. The van der Waals surface area contributed by atoms with Crippen molar-refractivity contribution in [2.45, 2.75) is 39.2 Å². The van der Waals surface area contributed by atoms with Gasteiger partial charge >= 0.3 is 12.0 Å². The number of halogens is 1. The zero-order valence-corrected chi connectivity index (χ0v) is 13.3. The van der Waals surface area contributed by atoms with E-state index in [1.807, 2.05) is 0 Å². The average Bonchev–Trinajstić information content (AvgIpc) is 2.51. The summed E-state index contributed by atoms with van der Waals surface area (Å²) in [5, 5.41) is 5.13. The molecule has 1 aromatic rings. The van der Waals surface area contributed by atoms with Gasteiger partial charge in [0.2, 0.25) is 0 Å². The minimum Gasteiger partial charge on any atom is -0.462 e. The van der Waals surface area contributed by atoms with Gasteiger partial charge in [0, 0.05) is 11.3 Å². The van der Waals surface area contributed by atoms with Gasteiger partial charge in [-0.15, -0.1) is 0 Å². The second kappa shape index (κ2) is 7.76. The topological polar surface area (TPSA) is 67.4 Å². The molecule has 0 saturated carbocycles. The van der Waals surface area contributed by atoms with E-state index in [0.717, 1.165) is 19.3 Å². The Bertz CT molecular complexity index is 628. The van der Waals surface area contributed by atoms with Crippen LogP contribution in [0.25, 0.3) is 0 Å². The number of benzene rings is 1. The second-order valence-corrected chi connectivity index (χ2v) is 5.43. The molecule has 0 aromatic heterocycles. The number of carbonyl (C=O) groups excluding carboxylic acids is 2. The molecule has 0 saturated heterocycles. The lowest BCUT2D eigenvalue weighted by molar-refractivity contribution is -0.139. The molecule has 1 aromatic carbocycles. The Balaban J connectivity index is 2.25. The molecule has 5 nitrogen and oxygen atoms in total. The number of hydrogen-bond acceptors (Lipinski definition) is 3. The maximum atomic E-state index is 14.1. The molecule has 0 fully saturated rings. The molecular weight excluding hydrogens is 299 g/mol. The van der Waals surface area contributed by atoms with Crippen molar-refractivity contribution in [3.8, 4) is 0 Å². The molecule has 1 aliphatic rings. The van der Waals surface area contributed by atoms with E-state index in [1.54, 1.807) is 25.1 Å². The third-order valence-corrected chi connectivity index (χ3v) is 3.69. The van der Waals surface area contributed by atoms with E-state index in [-0.39, 0.29) is 11.1 Å². The lowest BCUT2D eigenvalue weighted by Gasteiger charge is -2.28. The molecular formula is C17H21FN2O3. The lowest BCUT2D eigenvalue weighted by atomic mass is 9.95. The van der Waals surface area contributed by atoms with Crippen molar-refractivity contribution in [2.24, 2.45) is 0 Å². The normalized spacial score (nSPS) is 17.5. The van der Waals surface area contributed by atoms with E-state index >= 15 is 0 Å². The van der Waals surface area contributed by atoms with Crippen LogP contribution >= 0.6 is 0 Å². The number of allylic oxidation sites excluding steroid dienone is 1. The first-order valence-corrected chi connectivity index (χ1v) is 7.74. The first-order chi connectivity index (χ1) is 11.0. The summed E-state index contributed by atoms with van der Waals surface area (Å²) in [6.07, 6.45) is 2.77. The van der Waals surface area contributed by atoms with Crippen molar-refractivity contribution in [2.75, 3.05) is 6.61 Å². The number of nitrogens with one attached hydrogen (secondary N) is 2. The number of urea groups is 1. The second-order valence-electron chi connectivity index (χ2n) is 5.43. The minimum absolute atomic E-state index is 0.228. The van der Waals surface area contributed by atoms with Crippen molar-refractivity contribution in [3.63, 3.8) is 0 Å². The van der Waals surface area contributed by atoms with Crippen LogP contribution in [-0.2, 0) is 9.53 Å². The number of carbonyl (C=O) groups is 2. The van der Waals surface area contributed by atoms with Crippen LogP contribution in [0.2, 0.25) is 0 Å². The predicted octanol–water partition coefficient (Wildman–Crippen LogP) is 3.19. The Morgan fingerprint density at radius 3 is 2.74 bits per heavy atom. The molecule has 6 heteroatoms. The molecule has 1 atom stereocenters. The van der Waals surface area contributed by atoms with E-state index in [4.69, 9.17) is 4.74 Å². The number of ether oxygens (including phenoxy) is 1. The first-order valence-electron chi connectivity index (χ1n) is 7.74. The van der Waals surface area contributed by atoms with Crippen LogP contribution in [0.15, 0.2) is 35.5 Å². The summed E-state index contributed by atoms with van der Waals surface area (Å²) in [7, 11) is 0. The number of unbranched alkanes of at least 4 members (excludes halogenated alkanes) is 2. The Labute approximate surface area is 134 Å². The van der Waals surface area contributed by atoms with Crippen LogP contribution in [0.4, 0.5) is 9.18 Å². The minimum atomic E-state index is -0.858. The monoisotopic (exact) mass is 320 g/mol. The van der Waals surface area contributed by atoms with Gasteiger partial charge in [-0.05, 0) is 19.4 Å². The Hall–Kier alpha value is -2.37. The van der Waals surface area contributed by atoms with E-state index in [9.17, 15) is 14.0 Å². The first kappa shape index (κ1) is 17.0. The highest BCUT2D eigenvalue weighted by Crippen LogP contribution is 2.29. The summed E-state index contributed by atoms with van der Waals surface area (Å²) < 4.78 is 19.3. The molecule has 2 rings (SSSR count). The van der Waals surface area contributed by atoms with Crippen LogP contribution in [0.5, 0.6) is 0 Å². The van der Waals surface area contributed by atoms with Crippen molar-refractivity contribution >= 4 is 12.0 Å². The summed E-state index contributed by atoms with van der Waals surface area (Å²) in [5.41, 5.74) is 0.843. The van der Waals surface area contributed by atoms with Crippen LogP contribution in [0.1, 0.15) is 44.7 Å². The molecule has 1 heterocycles. The van der Waals surface area contributed by atoms with Gasteiger partial charge in [-0.3, -0.25) is 0 Å². The van der Waals surface area contributed by atoms with Gasteiger partial charge in [0.05, 0.1) is 18.2 Å². The molecule has 1 aliphatic heterocycles. The van der Waals surface area contributed by atoms with Gasteiger partial charge < -0.3 is 15.4 Å². The molecule has 0 aliphatic carbocycles. The number of amides is 2. The highest BCUT2D eigenvalue weighted by molar-refractivity contribution is 5.95. The van der Waals surface area contributed by atoms with Gasteiger partial charge in [0.25, 0.3) is 0 Å². The van der Waals surface area contributed by atoms with Crippen LogP contribution < -0.4 is 10.6 Å². The van der Waals surface area contributed by atoms with Crippen molar-refractivity contribution in [1.82, 2.24) is 10.6 Å². The largest absolute Gasteiger partial charge is 0.462 e. The van der Waals surface area contributed by atoms with E-state index < -0.39 is 23.9 Å². The van der Waals surface area contributed by atoms with Gasteiger partial charge in [-0.1, -0.05) is 38.0 Å². The van der Waals surface area contributed by atoms with Crippen LogP contribution in [-0.4, -0.2) is 18.6 Å². The number of rotatable bonds is 6. The molecule has 0 radical (unpaired) electrons. The fourth-order valence-electron chi connectivity index (χ4n) is 2.50. The molecule has 2 amide bonds. The van der Waals surface area contributed by atoms with Crippen LogP contribution in [0.3, 0.4) is 0 Å². The lowest BCUT2D eigenvalue weighted by Crippen LogP contribution is -2.45. The predicted molar refractivity (Wildman–Crippen MR) is 84.0 cm³/mol. The quantitative estimate of drug-likeness (QED) is 0.625. The van der Waals surface area contributed by atoms with Gasteiger partial charge in [0.1, 0.15) is 5.82 Å². The summed E-state index contributed by atoms with van der Waals surface area (Å²) in [6.45, 7) is 3.97. The smallest absolute Gasteiger partial charge is 0.338 e. The van der Waals surface area contributed by atoms with Gasteiger partial charge in [-0.2, -0.15) is 0 Å². The van der Waals surface area contributed by atoms with E-state index in [0.29, 0.717) is 12.3 Å². The molecule has 1 unspecified atom stereocenters. The van der Waals surface area contributed by atoms with Crippen molar-refractivity contribution in [1.29, 1.82) is 0 Å². The average molecular weight is 320 g/mol. The molecule has 23 heavy (non-hydrogen) atoms. The summed E-state index contributed by atoms with van der Waals surface area (Å²) in [6, 6.07) is 4.72. The molecule has 2 N–H and O–H groups in total. The highest BCUT2D eigenvalue weighted by atomic mass is 19.1. The molecule has 0 spiro atoms. The number of hydrogen-bond donors (Lipinski definition) is 2. The fraction of sp³-hybridized carbons (Fsp3) is 0.412. The summed E-state index contributed by atoms with van der Waals surface area (Å²) in [4.78, 5) is 24.1. The third-order valence-electron chi connectivity index (χ3n) is 3.69.